The molecule has 0 fully saturated rings. The van der Waals surface area contributed by atoms with Gasteiger partial charge in [-0.15, -0.1) is 0 Å². The lowest BCUT2D eigenvalue weighted by Gasteiger charge is -2.11. The van der Waals surface area contributed by atoms with Gasteiger partial charge in [-0.1, -0.05) is 19.4 Å². The van der Waals surface area contributed by atoms with Crippen molar-refractivity contribution in [3.8, 4) is 5.82 Å². The highest BCUT2D eigenvalue weighted by Crippen LogP contribution is 2.12. The molecule has 2 amide bonds. The van der Waals surface area contributed by atoms with Gasteiger partial charge in [0.05, 0.1) is 12.2 Å². The highest BCUT2D eigenvalue weighted by atomic mass is 16.5. The molecule has 2 aromatic heterocycles. The molecule has 3 aromatic rings. The number of hydrogen-bond donors (Lipinski definition) is 2. The van der Waals surface area contributed by atoms with Crippen LogP contribution in [0.5, 0.6) is 0 Å². The van der Waals surface area contributed by atoms with E-state index in [2.05, 4.69) is 20.7 Å². The van der Waals surface area contributed by atoms with E-state index >= 15 is 0 Å². The number of benzene rings is 1. The van der Waals surface area contributed by atoms with Crippen molar-refractivity contribution in [2.24, 2.45) is 0 Å². The number of ether oxygens (including phenoxy) is 1. The van der Waals surface area contributed by atoms with Crippen molar-refractivity contribution in [3.63, 3.8) is 0 Å². The topological polar surface area (TPSA) is 98.1 Å². The molecule has 0 aliphatic heterocycles. The van der Waals surface area contributed by atoms with E-state index in [1.165, 1.54) is 0 Å². The zero-order chi connectivity index (χ0) is 20.5. The summed E-state index contributed by atoms with van der Waals surface area (Å²) in [6.07, 6.45) is 6.94. The second-order valence-corrected chi connectivity index (χ2v) is 6.31. The molecule has 0 unspecified atom stereocenters. The van der Waals surface area contributed by atoms with Crippen LogP contribution < -0.4 is 10.6 Å². The Kier molecular flexibility index (Phi) is 6.94. The highest BCUT2D eigenvalue weighted by Gasteiger charge is 2.10. The molecule has 150 valence electrons. The van der Waals surface area contributed by atoms with E-state index in [1.54, 1.807) is 53.6 Å². The number of esters is 1. The smallest absolute Gasteiger partial charge is 0.338 e. The minimum atomic E-state index is -0.364. The molecular weight excluding hydrogens is 370 g/mol. The second kappa shape index (κ2) is 10.0. The summed E-state index contributed by atoms with van der Waals surface area (Å²) in [4.78, 5) is 28.4. The fourth-order valence-corrected chi connectivity index (χ4v) is 2.60. The third kappa shape index (κ3) is 5.65. The van der Waals surface area contributed by atoms with Crippen LogP contribution in [-0.2, 0) is 11.3 Å². The Hall–Kier alpha value is -3.68. The Morgan fingerprint density at radius 3 is 2.66 bits per heavy atom. The number of rotatable bonds is 8. The van der Waals surface area contributed by atoms with E-state index in [-0.39, 0.29) is 18.5 Å². The Morgan fingerprint density at radius 1 is 1.10 bits per heavy atom. The maximum Gasteiger partial charge on any atom is 0.338 e. The van der Waals surface area contributed by atoms with Crippen molar-refractivity contribution in [2.45, 2.75) is 26.3 Å². The van der Waals surface area contributed by atoms with Crippen molar-refractivity contribution in [2.75, 3.05) is 11.9 Å². The number of anilines is 1. The maximum atomic E-state index is 12.2. The number of carbonyl (C=O) groups excluding carboxylic acids is 2. The van der Waals surface area contributed by atoms with Crippen LogP contribution in [0.1, 0.15) is 35.7 Å². The first-order valence-corrected chi connectivity index (χ1v) is 9.43. The number of nitrogens with one attached hydrogen (secondary N) is 2. The van der Waals surface area contributed by atoms with Crippen molar-refractivity contribution >= 4 is 17.7 Å². The molecule has 1 aromatic carbocycles. The van der Waals surface area contributed by atoms with Crippen LogP contribution in [0.4, 0.5) is 10.5 Å². The third-order valence-electron chi connectivity index (χ3n) is 4.14. The summed E-state index contributed by atoms with van der Waals surface area (Å²) >= 11 is 0. The normalized spacial score (nSPS) is 10.4. The molecular formula is C21H23N5O3. The van der Waals surface area contributed by atoms with Crippen LogP contribution in [0.2, 0.25) is 0 Å². The molecule has 0 saturated carbocycles. The van der Waals surface area contributed by atoms with Crippen molar-refractivity contribution in [3.05, 3.63) is 72.2 Å². The lowest BCUT2D eigenvalue weighted by Crippen LogP contribution is -2.28. The summed E-state index contributed by atoms with van der Waals surface area (Å²) in [5.74, 6) is 0.293. The molecule has 2 heterocycles. The average molecular weight is 393 g/mol. The predicted molar refractivity (Wildman–Crippen MR) is 109 cm³/mol. The molecule has 0 saturated heterocycles. The maximum absolute atomic E-state index is 12.2. The van der Waals surface area contributed by atoms with Gasteiger partial charge in [0, 0.05) is 36.4 Å². The van der Waals surface area contributed by atoms with Crippen molar-refractivity contribution < 1.29 is 14.3 Å². The van der Waals surface area contributed by atoms with E-state index < -0.39 is 0 Å². The number of aromatic nitrogens is 3. The van der Waals surface area contributed by atoms with Gasteiger partial charge in [0.15, 0.2) is 5.82 Å². The summed E-state index contributed by atoms with van der Waals surface area (Å²) in [5, 5.41) is 9.71. The van der Waals surface area contributed by atoms with Gasteiger partial charge in [0.25, 0.3) is 0 Å². The molecule has 0 aliphatic rings. The van der Waals surface area contributed by atoms with Gasteiger partial charge >= 0.3 is 12.0 Å². The number of hydrogen-bond acceptors (Lipinski definition) is 5. The number of unbranched alkanes of at least 4 members (excludes halogenated alkanes) is 1. The molecule has 0 spiro atoms. The van der Waals surface area contributed by atoms with Gasteiger partial charge in [-0.25, -0.2) is 19.3 Å². The number of carbonyl (C=O) groups is 2. The summed E-state index contributed by atoms with van der Waals surface area (Å²) < 4.78 is 6.81. The van der Waals surface area contributed by atoms with Gasteiger partial charge in [-0.2, -0.15) is 5.10 Å². The lowest BCUT2D eigenvalue weighted by atomic mass is 10.2. The first-order chi connectivity index (χ1) is 14.2. The van der Waals surface area contributed by atoms with Crippen LogP contribution in [-0.4, -0.2) is 33.4 Å². The largest absolute Gasteiger partial charge is 0.462 e. The quantitative estimate of drug-likeness (QED) is 0.450. The van der Waals surface area contributed by atoms with Gasteiger partial charge in [-0.3, -0.25) is 0 Å². The summed E-state index contributed by atoms with van der Waals surface area (Å²) in [5.41, 5.74) is 1.86. The van der Waals surface area contributed by atoms with Crippen LogP contribution in [0.15, 0.2) is 61.1 Å². The third-order valence-corrected chi connectivity index (χ3v) is 4.14. The Balaban J connectivity index is 1.53. The van der Waals surface area contributed by atoms with E-state index in [0.717, 1.165) is 18.4 Å². The van der Waals surface area contributed by atoms with Gasteiger partial charge in [0.2, 0.25) is 0 Å². The molecule has 0 bridgehead atoms. The Morgan fingerprint density at radius 2 is 1.93 bits per heavy atom. The van der Waals surface area contributed by atoms with E-state index in [0.29, 0.717) is 23.7 Å². The average Bonchev–Trinajstić information content (AvgIpc) is 3.28. The molecule has 0 aliphatic carbocycles. The zero-order valence-corrected chi connectivity index (χ0v) is 16.2. The fraction of sp³-hybridized carbons (Fsp3) is 0.238. The van der Waals surface area contributed by atoms with Crippen LogP contribution >= 0.6 is 0 Å². The lowest BCUT2D eigenvalue weighted by molar-refractivity contribution is 0.0500. The van der Waals surface area contributed by atoms with Gasteiger partial charge < -0.3 is 15.4 Å². The molecule has 0 radical (unpaired) electrons. The van der Waals surface area contributed by atoms with Crippen molar-refractivity contribution in [1.29, 1.82) is 0 Å². The van der Waals surface area contributed by atoms with E-state index in [9.17, 15) is 9.59 Å². The SMILES string of the molecule is CCCCOC(=O)c1ccc(NC(=O)NCc2cccnc2-n2cccn2)cc1. The van der Waals surface area contributed by atoms with Crippen LogP contribution in [0.25, 0.3) is 5.82 Å². The fourth-order valence-electron chi connectivity index (χ4n) is 2.60. The van der Waals surface area contributed by atoms with Crippen LogP contribution in [0, 0.1) is 0 Å². The molecule has 0 atom stereocenters. The summed E-state index contributed by atoms with van der Waals surface area (Å²) in [6.45, 7) is 2.73. The van der Waals surface area contributed by atoms with Gasteiger partial charge in [0.1, 0.15) is 0 Å². The standard InChI is InChI=1S/C21H23N5O3/c1-2-3-14-29-20(27)16-7-9-18(10-8-16)25-21(28)23-15-17-6-4-11-22-19(17)26-13-5-12-24-26/h4-13H,2-3,14-15H2,1H3,(H2,23,25,28). The summed E-state index contributed by atoms with van der Waals surface area (Å²) in [6, 6.07) is 11.7. The van der Waals surface area contributed by atoms with E-state index in [4.69, 9.17) is 4.74 Å². The number of nitrogens with zero attached hydrogens (tertiary/aromatic N) is 3. The highest BCUT2D eigenvalue weighted by molar-refractivity contribution is 5.92. The molecule has 8 heteroatoms. The van der Waals surface area contributed by atoms with Gasteiger partial charge in [-0.05, 0) is 42.8 Å². The minimum Gasteiger partial charge on any atom is -0.462 e. The Labute approximate surface area is 168 Å². The molecule has 29 heavy (non-hydrogen) atoms. The number of urea groups is 1. The zero-order valence-electron chi connectivity index (χ0n) is 16.2. The molecule has 2 N–H and O–H groups in total. The first kappa shape index (κ1) is 20.1. The predicted octanol–water partition coefficient (Wildman–Crippen LogP) is 3.55. The second-order valence-electron chi connectivity index (χ2n) is 6.31. The molecule has 8 nitrogen and oxygen atoms in total. The number of pyridine rings is 1. The molecule has 3 rings (SSSR count). The van der Waals surface area contributed by atoms with E-state index in [1.807, 2.05) is 19.1 Å². The van der Waals surface area contributed by atoms with Crippen molar-refractivity contribution in [1.82, 2.24) is 20.1 Å². The minimum absolute atomic E-state index is 0.288. The van der Waals surface area contributed by atoms with Crippen LogP contribution in [0.3, 0.4) is 0 Å². The first-order valence-electron chi connectivity index (χ1n) is 9.43. The summed E-state index contributed by atoms with van der Waals surface area (Å²) in [7, 11) is 0. The Bertz CT molecular complexity index is 939. The monoisotopic (exact) mass is 393 g/mol. The number of amides is 2.